The number of primary amides is 1. The molecule has 3 heteroatoms. The van der Waals surface area contributed by atoms with Crippen LogP contribution >= 0.6 is 0 Å². The van der Waals surface area contributed by atoms with Gasteiger partial charge >= 0.3 is 0 Å². The Labute approximate surface area is 161 Å². The van der Waals surface area contributed by atoms with E-state index in [2.05, 4.69) is 11.9 Å². The Morgan fingerprint density at radius 1 is 0.846 bits per heavy atom. The van der Waals surface area contributed by atoms with Crippen LogP contribution in [0.25, 0.3) is 0 Å². The van der Waals surface area contributed by atoms with Gasteiger partial charge in [-0.15, -0.1) is 0 Å². The van der Waals surface area contributed by atoms with Crippen molar-refractivity contribution in [1.82, 2.24) is 4.98 Å². The molecule has 1 aromatic heterocycles. The van der Waals surface area contributed by atoms with Crippen LogP contribution in [0.15, 0.2) is 24.4 Å². The zero-order chi connectivity index (χ0) is 18.9. The van der Waals surface area contributed by atoms with Crippen LogP contribution in [-0.4, -0.2) is 10.9 Å². The van der Waals surface area contributed by atoms with Crippen molar-refractivity contribution >= 4 is 5.91 Å². The van der Waals surface area contributed by atoms with Crippen molar-refractivity contribution in [3.05, 3.63) is 30.1 Å². The van der Waals surface area contributed by atoms with Gasteiger partial charge in [-0.2, -0.15) is 0 Å². The van der Waals surface area contributed by atoms with Gasteiger partial charge in [0, 0.05) is 6.20 Å². The SMILES string of the molecule is CCCCCCCCCCCCCCCCC(C(N)=O)c1ccccn1. The van der Waals surface area contributed by atoms with Crippen LogP contribution in [0, 0.1) is 0 Å². The first-order chi connectivity index (χ1) is 12.8. The molecular weight excluding hydrogens is 320 g/mol. The van der Waals surface area contributed by atoms with Gasteiger partial charge in [0.05, 0.1) is 11.6 Å². The van der Waals surface area contributed by atoms with Crippen LogP contribution in [0.5, 0.6) is 0 Å². The predicted octanol–water partition coefficient (Wildman–Crippen LogP) is 6.52. The number of nitrogens with two attached hydrogens (primary N) is 1. The molecule has 1 rings (SSSR count). The Morgan fingerprint density at radius 2 is 1.35 bits per heavy atom. The summed E-state index contributed by atoms with van der Waals surface area (Å²) < 4.78 is 0. The Kier molecular flexibility index (Phi) is 13.8. The first-order valence-electron chi connectivity index (χ1n) is 11.0. The lowest BCUT2D eigenvalue weighted by atomic mass is 9.96. The van der Waals surface area contributed by atoms with Crippen LogP contribution in [0.3, 0.4) is 0 Å². The van der Waals surface area contributed by atoms with Gasteiger partial charge in [0.1, 0.15) is 0 Å². The van der Waals surface area contributed by atoms with Crippen LogP contribution in [-0.2, 0) is 4.79 Å². The third kappa shape index (κ3) is 11.3. The number of hydrogen-bond acceptors (Lipinski definition) is 2. The summed E-state index contributed by atoms with van der Waals surface area (Å²) in [5, 5.41) is 0. The molecule has 148 valence electrons. The first kappa shape index (κ1) is 22.7. The number of carbonyl (C=O) groups excluding carboxylic acids is 1. The molecule has 0 radical (unpaired) electrons. The number of hydrogen-bond donors (Lipinski definition) is 1. The molecule has 0 saturated carbocycles. The molecule has 0 aromatic carbocycles. The van der Waals surface area contributed by atoms with E-state index in [9.17, 15) is 4.79 Å². The second-order valence-electron chi connectivity index (χ2n) is 7.59. The molecule has 1 aromatic rings. The van der Waals surface area contributed by atoms with E-state index >= 15 is 0 Å². The van der Waals surface area contributed by atoms with Crippen molar-refractivity contribution in [2.24, 2.45) is 5.73 Å². The highest BCUT2D eigenvalue weighted by Gasteiger charge is 2.18. The third-order valence-electron chi connectivity index (χ3n) is 5.23. The molecule has 3 nitrogen and oxygen atoms in total. The summed E-state index contributed by atoms with van der Waals surface area (Å²) in [6.07, 6.45) is 21.4. The van der Waals surface area contributed by atoms with E-state index in [4.69, 9.17) is 5.73 Å². The van der Waals surface area contributed by atoms with Crippen LogP contribution in [0.1, 0.15) is 115 Å². The van der Waals surface area contributed by atoms with Crippen LogP contribution < -0.4 is 5.73 Å². The fourth-order valence-corrected chi connectivity index (χ4v) is 3.56. The molecule has 0 aliphatic carbocycles. The van der Waals surface area contributed by atoms with Crippen molar-refractivity contribution in [1.29, 1.82) is 0 Å². The highest BCUT2D eigenvalue weighted by atomic mass is 16.1. The lowest BCUT2D eigenvalue weighted by molar-refractivity contribution is -0.119. The van der Waals surface area contributed by atoms with Crippen LogP contribution in [0.4, 0.5) is 0 Å². The molecule has 1 heterocycles. The van der Waals surface area contributed by atoms with Crippen molar-refractivity contribution in [3.8, 4) is 0 Å². The number of amides is 1. The maximum Gasteiger partial charge on any atom is 0.226 e. The average Bonchev–Trinajstić information content (AvgIpc) is 2.65. The minimum atomic E-state index is -0.251. The lowest BCUT2D eigenvalue weighted by Gasteiger charge is -2.12. The Morgan fingerprint density at radius 3 is 1.77 bits per heavy atom. The van der Waals surface area contributed by atoms with Crippen molar-refractivity contribution in [2.75, 3.05) is 0 Å². The van der Waals surface area contributed by atoms with Gasteiger partial charge in [0.2, 0.25) is 5.91 Å². The summed E-state index contributed by atoms with van der Waals surface area (Å²) in [5.41, 5.74) is 6.36. The maximum absolute atomic E-state index is 11.6. The van der Waals surface area contributed by atoms with Crippen LogP contribution in [0.2, 0.25) is 0 Å². The number of rotatable bonds is 17. The third-order valence-corrected chi connectivity index (χ3v) is 5.23. The lowest BCUT2D eigenvalue weighted by Crippen LogP contribution is -2.22. The van der Waals surface area contributed by atoms with E-state index in [-0.39, 0.29) is 11.8 Å². The van der Waals surface area contributed by atoms with Gasteiger partial charge in [-0.3, -0.25) is 9.78 Å². The van der Waals surface area contributed by atoms with E-state index in [1.54, 1.807) is 6.20 Å². The molecule has 0 saturated heterocycles. The highest BCUT2D eigenvalue weighted by molar-refractivity contribution is 5.81. The van der Waals surface area contributed by atoms with Gasteiger partial charge in [0.25, 0.3) is 0 Å². The Balaban J connectivity index is 1.93. The monoisotopic (exact) mass is 360 g/mol. The molecule has 0 aliphatic heterocycles. The molecular formula is C23H40N2O. The topological polar surface area (TPSA) is 56.0 Å². The van der Waals surface area contributed by atoms with E-state index in [0.29, 0.717) is 0 Å². The normalized spacial score (nSPS) is 12.2. The summed E-state index contributed by atoms with van der Waals surface area (Å²) in [7, 11) is 0. The molecule has 1 atom stereocenters. The summed E-state index contributed by atoms with van der Waals surface area (Å²) in [6, 6.07) is 5.69. The number of aromatic nitrogens is 1. The second-order valence-corrected chi connectivity index (χ2v) is 7.59. The fraction of sp³-hybridized carbons (Fsp3) is 0.739. The molecule has 2 N–H and O–H groups in total. The number of carbonyl (C=O) groups is 1. The fourth-order valence-electron chi connectivity index (χ4n) is 3.56. The van der Waals surface area contributed by atoms with Gasteiger partial charge in [-0.25, -0.2) is 0 Å². The first-order valence-corrected chi connectivity index (χ1v) is 11.0. The largest absolute Gasteiger partial charge is 0.369 e. The van der Waals surface area contributed by atoms with Gasteiger partial charge < -0.3 is 5.73 Å². The summed E-state index contributed by atoms with van der Waals surface area (Å²) in [6.45, 7) is 2.27. The quantitative estimate of drug-likeness (QED) is 0.321. The molecule has 0 fully saturated rings. The number of pyridine rings is 1. The smallest absolute Gasteiger partial charge is 0.226 e. The standard InChI is InChI=1S/C23H40N2O/c1-2-3-4-5-6-7-8-9-10-11-12-13-14-15-18-21(23(24)26)22-19-16-17-20-25-22/h16-17,19-21H,2-15,18H2,1H3,(H2,24,26). The van der Waals surface area contributed by atoms with Crippen molar-refractivity contribution in [2.45, 2.75) is 109 Å². The van der Waals surface area contributed by atoms with E-state index < -0.39 is 0 Å². The van der Waals surface area contributed by atoms with E-state index in [0.717, 1.165) is 18.5 Å². The average molecular weight is 361 g/mol. The van der Waals surface area contributed by atoms with Gasteiger partial charge in [-0.05, 0) is 18.6 Å². The highest BCUT2D eigenvalue weighted by Crippen LogP contribution is 2.21. The Hall–Kier alpha value is -1.38. The van der Waals surface area contributed by atoms with Gasteiger partial charge in [-0.1, -0.05) is 103 Å². The summed E-state index contributed by atoms with van der Waals surface area (Å²) in [5.74, 6) is -0.480. The molecule has 0 bridgehead atoms. The number of nitrogens with zero attached hydrogens (tertiary/aromatic N) is 1. The zero-order valence-electron chi connectivity index (χ0n) is 16.9. The molecule has 1 amide bonds. The maximum atomic E-state index is 11.6. The summed E-state index contributed by atoms with van der Waals surface area (Å²) >= 11 is 0. The second kappa shape index (κ2) is 15.8. The molecule has 0 aliphatic rings. The summed E-state index contributed by atoms with van der Waals surface area (Å²) in [4.78, 5) is 15.9. The van der Waals surface area contributed by atoms with E-state index in [1.807, 2.05) is 18.2 Å². The molecule has 26 heavy (non-hydrogen) atoms. The Bertz CT molecular complexity index is 447. The van der Waals surface area contributed by atoms with E-state index in [1.165, 1.54) is 83.5 Å². The molecule has 1 unspecified atom stereocenters. The minimum Gasteiger partial charge on any atom is -0.369 e. The van der Waals surface area contributed by atoms with Crippen molar-refractivity contribution in [3.63, 3.8) is 0 Å². The zero-order valence-corrected chi connectivity index (χ0v) is 16.9. The predicted molar refractivity (Wildman–Crippen MR) is 111 cm³/mol. The number of unbranched alkanes of at least 4 members (excludes halogenated alkanes) is 13. The molecule has 0 spiro atoms. The minimum absolute atomic E-state index is 0.228. The van der Waals surface area contributed by atoms with Gasteiger partial charge in [0.15, 0.2) is 0 Å². The van der Waals surface area contributed by atoms with Crippen molar-refractivity contribution < 1.29 is 4.79 Å².